The average molecular weight is 498 g/mol. The highest BCUT2D eigenvalue weighted by Gasteiger charge is 2.68. The van der Waals surface area contributed by atoms with Gasteiger partial charge in [0.05, 0.1) is 29.5 Å². The first kappa shape index (κ1) is 24.4. The SMILES string of the molecule is Cc1ccc(C[C@H](NC(=O)c2cn(-c3ccccc3)nn2)B2O[C@@H]3C[C@@H]4C[C@@H](C4(C)C)[C@]3(C)O2)c(C)c1. The molecule has 0 spiro atoms. The van der Waals surface area contributed by atoms with E-state index in [0.717, 1.165) is 12.1 Å². The molecule has 1 N–H and O–H groups in total. The molecule has 1 amide bonds. The van der Waals surface area contributed by atoms with Crippen LogP contribution in [0.5, 0.6) is 0 Å². The highest BCUT2D eigenvalue weighted by Crippen LogP contribution is 2.65. The first-order chi connectivity index (χ1) is 17.6. The van der Waals surface area contributed by atoms with E-state index in [1.54, 1.807) is 10.9 Å². The largest absolute Gasteiger partial charge is 0.482 e. The number of carbonyl (C=O) groups is 1. The van der Waals surface area contributed by atoms with Crippen molar-refractivity contribution >= 4 is 13.0 Å². The molecule has 7 nitrogen and oxygen atoms in total. The van der Waals surface area contributed by atoms with E-state index in [1.807, 2.05) is 30.3 Å². The summed E-state index contributed by atoms with van der Waals surface area (Å²) in [5.74, 6) is 0.475. The highest BCUT2D eigenvalue weighted by molar-refractivity contribution is 6.48. The Kier molecular flexibility index (Phi) is 5.80. The summed E-state index contributed by atoms with van der Waals surface area (Å²) >= 11 is 0. The van der Waals surface area contributed by atoms with Crippen LogP contribution in [0.1, 0.15) is 60.8 Å². The lowest BCUT2D eigenvalue weighted by molar-refractivity contribution is -0.199. The molecule has 1 saturated heterocycles. The Morgan fingerprint density at radius 1 is 1.16 bits per heavy atom. The summed E-state index contributed by atoms with van der Waals surface area (Å²) in [5.41, 5.74) is 4.60. The van der Waals surface area contributed by atoms with E-state index in [9.17, 15) is 4.79 Å². The number of hydrogen-bond acceptors (Lipinski definition) is 5. The van der Waals surface area contributed by atoms with Crippen molar-refractivity contribution in [1.29, 1.82) is 0 Å². The van der Waals surface area contributed by atoms with Crippen molar-refractivity contribution in [3.63, 3.8) is 0 Å². The zero-order valence-electron chi connectivity index (χ0n) is 22.3. The van der Waals surface area contributed by atoms with Gasteiger partial charge in [-0.2, -0.15) is 0 Å². The lowest BCUT2D eigenvalue weighted by Crippen LogP contribution is -2.65. The van der Waals surface area contributed by atoms with Crippen LogP contribution in [-0.2, 0) is 15.7 Å². The van der Waals surface area contributed by atoms with Crippen LogP contribution in [0.15, 0.2) is 54.7 Å². The maximum Gasteiger partial charge on any atom is 0.482 e. The fourth-order valence-corrected chi connectivity index (χ4v) is 6.92. The highest BCUT2D eigenvalue weighted by atomic mass is 16.7. The van der Waals surface area contributed by atoms with Crippen LogP contribution >= 0.6 is 0 Å². The van der Waals surface area contributed by atoms with Crippen LogP contribution < -0.4 is 5.32 Å². The molecule has 0 radical (unpaired) electrons. The number of rotatable bonds is 6. The van der Waals surface area contributed by atoms with Gasteiger partial charge in [-0.25, -0.2) is 4.68 Å². The minimum atomic E-state index is -0.529. The number of nitrogens with one attached hydrogen (secondary N) is 1. The number of nitrogens with zero attached hydrogens (tertiary/aromatic N) is 3. The second-order valence-electron chi connectivity index (χ2n) is 11.9. The molecule has 4 aliphatic rings. The van der Waals surface area contributed by atoms with Crippen molar-refractivity contribution in [2.75, 3.05) is 0 Å². The molecular weight excluding hydrogens is 463 g/mol. The maximum absolute atomic E-state index is 13.4. The van der Waals surface area contributed by atoms with Gasteiger partial charge < -0.3 is 14.6 Å². The summed E-state index contributed by atoms with van der Waals surface area (Å²) in [6.45, 7) is 11.1. The number of hydrogen-bond donors (Lipinski definition) is 1. The predicted octanol–water partition coefficient (Wildman–Crippen LogP) is 4.49. The number of para-hydroxylation sites is 1. The molecule has 1 aromatic heterocycles. The van der Waals surface area contributed by atoms with Gasteiger partial charge in [-0.05, 0) is 80.5 Å². The van der Waals surface area contributed by atoms with Gasteiger partial charge in [0, 0.05) is 0 Å². The van der Waals surface area contributed by atoms with Gasteiger partial charge in [-0.1, -0.05) is 61.0 Å². The predicted molar refractivity (Wildman–Crippen MR) is 142 cm³/mol. The van der Waals surface area contributed by atoms with Gasteiger partial charge in [0.15, 0.2) is 5.69 Å². The van der Waals surface area contributed by atoms with Gasteiger partial charge in [0.1, 0.15) is 0 Å². The number of aromatic nitrogens is 3. The Labute approximate surface area is 219 Å². The molecule has 7 rings (SSSR count). The number of benzene rings is 2. The topological polar surface area (TPSA) is 78.3 Å². The Balaban J connectivity index is 1.26. The lowest BCUT2D eigenvalue weighted by atomic mass is 9.43. The Hall–Kier alpha value is -2.97. The first-order valence-corrected chi connectivity index (χ1v) is 13.3. The third-order valence-corrected chi connectivity index (χ3v) is 9.30. The zero-order chi connectivity index (χ0) is 25.9. The minimum Gasteiger partial charge on any atom is -0.404 e. The first-order valence-electron chi connectivity index (χ1n) is 13.3. The Bertz CT molecular complexity index is 1330. The molecule has 2 aromatic carbocycles. The van der Waals surface area contributed by atoms with E-state index in [0.29, 0.717) is 18.3 Å². The zero-order valence-corrected chi connectivity index (χ0v) is 22.3. The average Bonchev–Trinajstić information content (AvgIpc) is 3.50. The minimum absolute atomic E-state index is 0.0479. The molecule has 2 heterocycles. The molecule has 192 valence electrons. The van der Waals surface area contributed by atoms with Crippen molar-refractivity contribution in [2.45, 2.75) is 71.5 Å². The van der Waals surface area contributed by atoms with Crippen LogP contribution in [-0.4, -0.2) is 45.7 Å². The second kappa shape index (κ2) is 8.81. The summed E-state index contributed by atoms with van der Waals surface area (Å²) in [6, 6.07) is 16.1. The number of aryl methyl sites for hydroxylation is 2. The van der Waals surface area contributed by atoms with Crippen molar-refractivity contribution in [3.05, 3.63) is 77.1 Å². The fraction of sp³-hybridized carbons (Fsp3) is 0.483. The lowest BCUT2D eigenvalue weighted by Gasteiger charge is -2.64. The molecule has 8 heteroatoms. The monoisotopic (exact) mass is 498 g/mol. The van der Waals surface area contributed by atoms with Crippen LogP contribution in [0.2, 0.25) is 0 Å². The molecule has 37 heavy (non-hydrogen) atoms. The van der Waals surface area contributed by atoms with E-state index < -0.39 is 7.12 Å². The van der Waals surface area contributed by atoms with E-state index in [2.05, 4.69) is 68.4 Å². The van der Waals surface area contributed by atoms with Gasteiger partial charge in [0.25, 0.3) is 5.91 Å². The normalized spacial score (nSPS) is 28.4. The molecule has 0 unspecified atom stereocenters. The van der Waals surface area contributed by atoms with E-state index >= 15 is 0 Å². The van der Waals surface area contributed by atoms with Crippen molar-refractivity contribution in [3.8, 4) is 5.69 Å². The standard InChI is InChI=1S/C29H35BN4O3/c1-18-11-12-20(19(2)13-18)14-26(30-36-25-16-21-15-24(28(21,3)4)29(25,5)37-30)31-27(35)23-17-34(33-32-23)22-9-7-6-8-10-22/h6-13,17,21,24-26H,14-16H2,1-5H3,(H,31,35)/t21-,24-,25+,26-,29-/m0/s1. The molecule has 5 atom stereocenters. The van der Waals surface area contributed by atoms with Gasteiger partial charge in [-0.3, -0.25) is 4.79 Å². The fourth-order valence-electron chi connectivity index (χ4n) is 6.92. The van der Waals surface area contributed by atoms with Crippen molar-refractivity contribution in [1.82, 2.24) is 20.3 Å². The van der Waals surface area contributed by atoms with E-state index in [-0.39, 0.29) is 34.7 Å². The molecule has 3 aliphatic carbocycles. The van der Waals surface area contributed by atoms with Crippen LogP contribution in [0.25, 0.3) is 5.69 Å². The van der Waals surface area contributed by atoms with Crippen LogP contribution in [0.3, 0.4) is 0 Å². The summed E-state index contributed by atoms with van der Waals surface area (Å²) in [4.78, 5) is 13.4. The molecule has 1 aliphatic heterocycles. The van der Waals surface area contributed by atoms with Gasteiger partial charge in [-0.15, -0.1) is 5.10 Å². The van der Waals surface area contributed by atoms with Gasteiger partial charge >= 0.3 is 7.12 Å². The summed E-state index contributed by atoms with van der Waals surface area (Å²) in [6.07, 6.45) is 4.51. The van der Waals surface area contributed by atoms with Crippen molar-refractivity contribution < 1.29 is 14.1 Å². The quantitative estimate of drug-likeness (QED) is 0.507. The second-order valence-corrected chi connectivity index (χ2v) is 11.9. The molecular formula is C29H35BN4O3. The molecule has 3 aromatic rings. The Morgan fingerprint density at radius 3 is 2.68 bits per heavy atom. The smallest absolute Gasteiger partial charge is 0.404 e. The summed E-state index contributed by atoms with van der Waals surface area (Å²) in [5, 5.41) is 11.5. The van der Waals surface area contributed by atoms with E-state index in [4.69, 9.17) is 9.31 Å². The molecule has 4 fully saturated rings. The maximum atomic E-state index is 13.4. The van der Waals surface area contributed by atoms with Crippen LogP contribution in [0.4, 0.5) is 0 Å². The van der Waals surface area contributed by atoms with E-state index in [1.165, 1.54) is 23.1 Å². The summed E-state index contributed by atoms with van der Waals surface area (Å²) < 4.78 is 15.0. The van der Waals surface area contributed by atoms with Crippen LogP contribution in [0, 0.1) is 31.1 Å². The molecule has 3 saturated carbocycles. The summed E-state index contributed by atoms with van der Waals surface area (Å²) in [7, 11) is -0.529. The molecule has 2 bridgehead atoms. The van der Waals surface area contributed by atoms with Gasteiger partial charge in [0.2, 0.25) is 0 Å². The Morgan fingerprint density at radius 2 is 1.95 bits per heavy atom. The third kappa shape index (κ3) is 4.11. The third-order valence-electron chi connectivity index (χ3n) is 9.30. The number of amides is 1. The number of carbonyl (C=O) groups excluding carboxylic acids is 1. The van der Waals surface area contributed by atoms with Crippen molar-refractivity contribution in [2.24, 2.45) is 17.3 Å².